The molecular formula is C22H27N7. The first kappa shape index (κ1) is 18.1. The SMILES string of the molecule is c1cncc(Cn2ccnc2[C@@H]2CCCN(c3cc(N4CCCC4)cnn3)C2)c1. The van der Waals surface area contributed by atoms with Crippen LogP contribution in [-0.2, 0) is 6.54 Å². The van der Waals surface area contributed by atoms with Crippen molar-refractivity contribution in [2.75, 3.05) is 36.0 Å². The lowest BCUT2D eigenvalue weighted by Gasteiger charge is -2.33. The molecule has 150 valence electrons. The molecule has 0 amide bonds. The minimum absolute atomic E-state index is 0.396. The zero-order valence-corrected chi connectivity index (χ0v) is 16.7. The maximum atomic E-state index is 4.72. The van der Waals surface area contributed by atoms with E-state index in [9.17, 15) is 0 Å². The maximum Gasteiger partial charge on any atom is 0.153 e. The van der Waals surface area contributed by atoms with E-state index in [-0.39, 0.29) is 0 Å². The molecule has 0 aromatic carbocycles. The molecule has 0 aliphatic carbocycles. The first-order valence-corrected chi connectivity index (χ1v) is 10.6. The van der Waals surface area contributed by atoms with E-state index in [0.717, 1.165) is 57.2 Å². The van der Waals surface area contributed by atoms with Crippen molar-refractivity contribution in [1.29, 1.82) is 0 Å². The Bertz CT molecular complexity index is 933. The normalized spacial score (nSPS) is 19.7. The number of hydrogen-bond acceptors (Lipinski definition) is 6. The Morgan fingerprint density at radius 1 is 1.00 bits per heavy atom. The fraction of sp³-hybridized carbons (Fsp3) is 0.455. The zero-order chi connectivity index (χ0) is 19.5. The van der Waals surface area contributed by atoms with Crippen LogP contribution in [0.1, 0.15) is 43.0 Å². The first-order valence-electron chi connectivity index (χ1n) is 10.6. The molecule has 2 aliphatic rings. The third kappa shape index (κ3) is 3.95. The van der Waals surface area contributed by atoms with Gasteiger partial charge >= 0.3 is 0 Å². The van der Waals surface area contributed by atoms with E-state index in [1.165, 1.54) is 24.1 Å². The van der Waals surface area contributed by atoms with Gasteiger partial charge in [-0.1, -0.05) is 6.07 Å². The number of hydrogen-bond donors (Lipinski definition) is 0. The van der Waals surface area contributed by atoms with Crippen molar-refractivity contribution in [2.45, 2.75) is 38.1 Å². The number of aromatic nitrogens is 5. The molecule has 5 heterocycles. The van der Waals surface area contributed by atoms with Crippen LogP contribution < -0.4 is 9.80 Å². The van der Waals surface area contributed by atoms with Crippen LogP contribution in [0.2, 0.25) is 0 Å². The smallest absolute Gasteiger partial charge is 0.153 e. The molecule has 2 fully saturated rings. The molecule has 0 saturated carbocycles. The average molecular weight is 390 g/mol. The summed E-state index contributed by atoms with van der Waals surface area (Å²) in [4.78, 5) is 13.8. The van der Waals surface area contributed by atoms with Gasteiger partial charge in [-0.3, -0.25) is 4.98 Å². The Labute approximate surface area is 171 Å². The van der Waals surface area contributed by atoms with Crippen molar-refractivity contribution < 1.29 is 0 Å². The van der Waals surface area contributed by atoms with Crippen LogP contribution in [0.4, 0.5) is 11.5 Å². The molecule has 2 aliphatic heterocycles. The third-order valence-corrected chi connectivity index (χ3v) is 6.03. The lowest BCUT2D eigenvalue weighted by molar-refractivity contribution is 0.473. The van der Waals surface area contributed by atoms with Gasteiger partial charge in [-0.05, 0) is 37.3 Å². The van der Waals surface area contributed by atoms with E-state index >= 15 is 0 Å². The molecular weight excluding hydrogens is 362 g/mol. The number of nitrogens with zero attached hydrogens (tertiary/aromatic N) is 7. The number of anilines is 2. The summed E-state index contributed by atoms with van der Waals surface area (Å²) in [5.41, 5.74) is 2.40. The molecule has 0 N–H and O–H groups in total. The second-order valence-corrected chi connectivity index (χ2v) is 8.03. The summed E-state index contributed by atoms with van der Waals surface area (Å²) in [7, 11) is 0. The minimum Gasteiger partial charge on any atom is -0.370 e. The van der Waals surface area contributed by atoms with Gasteiger partial charge in [-0.15, -0.1) is 5.10 Å². The molecule has 0 unspecified atom stereocenters. The maximum absolute atomic E-state index is 4.72. The summed E-state index contributed by atoms with van der Waals surface area (Å²) in [5, 5.41) is 8.76. The van der Waals surface area contributed by atoms with E-state index in [1.807, 2.05) is 30.9 Å². The number of piperidine rings is 1. The molecule has 3 aromatic rings. The molecule has 0 bridgehead atoms. The van der Waals surface area contributed by atoms with Gasteiger partial charge in [-0.2, -0.15) is 5.10 Å². The molecule has 3 aromatic heterocycles. The Morgan fingerprint density at radius 2 is 1.90 bits per heavy atom. The lowest BCUT2D eigenvalue weighted by Crippen LogP contribution is -2.36. The summed E-state index contributed by atoms with van der Waals surface area (Å²) in [6.45, 7) is 5.02. The van der Waals surface area contributed by atoms with Crippen LogP contribution in [0.5, 0.6) is 0 Å². The summed E-state index contributed by atoms with van der Waals surface area (Å²) in [6.07, 6.45) is 14.5. The highest BCUT2D eigenvalue weighted by Crippen LogP contribution is 2.30. The summed E-state index contributed by atoms with van der Waals surface area (Å²) < 4.78 is 2.26. The van der Waals surface area contributed by atoms with Crippen LogP contribution in [0.15, 0.2) is 49.2 Å². The molecule has 29 heavy (non-hydrogen) atoms. The Balaban J connectivity index is 1.33. The number of rotatable bonds is 5. The predicted octanol–water partition coefficient (Wildman–Crippen LogP) is 3.10. The fourth-order valence-electron chi connectivity index (χ4n) is 4.55. The predicted molar refractivity (Wildman–Crippen MR) is 113 cm³/mol. The highest BCUT2D eigenvalue weighted by Gasteiger charge is 2.26. The average Bonchev–Trinajstić information content (AvgIpc) is 3.47. The van der Waals surface area contributed by atoms with Crippen molar-refractivity contribution in [3.8, 4) is 0 Å². The summed E-state index contributed by atoms with van der Waals surface area (Å²) >= 11 is 0. The van der Waals surface area contributed by atoms with Crippen LogP contribution in [-0.4, -0.2) is 50.9 Å². The second kappa shape index (κ2) is 8.19. The second-order valence-electron chi connectivity index (χ2n) is 8.03. The van der Waals surface area contributed by atoms with Crippen molar-refractivity contribution in [3.05, 3.63) is 60.6 Å². The Morgan fingerprint density at radius 3 is 2.76 bits per heavy atom. The lowest BCUT2D eigenvalue weighted by atomic mass is 9.97. The fourth-order valence-corrected chi connectivity index (χ4v) is 4.55. The van der Waals surface area contributed by atoms with Crippen LogP contribution in [0.3, 0.4) is 0 Å². The molecule has 5 rings (SSSR count). The van der Waals surface area contributed by atoms with E-state index in [1.54, 1.807) is 0 Å². The zero-order valence-electron chi connectivity index (χ0n) is 16.7. The van der Waals surface area contributed by atoms with E-state index < -0.39 is 0 Å². The van der Waals surface area contributed by atoms with E-state index in [2.05, 4.69) is 47.9 Å². The molecule has 1 atom stereocenters. The van der Waals surface area contributed by atoms with Gasteiger partial charge in [0.25, 0.3) is 0 Å². The van der Waals surface area contributed by atoms with Gasteiger partial charge in [0.05, 0.1) is 18.4 Å². The highest BCUT2D eigenvalue weighted by molar-refractivity contribution is 5.54. The van der Waals surface area contributed by atoms with Crippen molar-refractivity contribution >= 4 is 11.5 Å². The molecule has 2 saturated heterocycles. The largest absolute Gasteiger partial charge is 0.370 e. The van der Waals surface area contributed by atoms with Gasteiger partial charge in [0.2, 0.25) is 0 Å². The van der Waals surface area contributed by atoms with E-state index in [0.29, 0.717) is 5.92 Å². The van der Waals surface area contributed by atoms with Crippen molar-refractivity contribution in [2.24, 2.45) is 0 Å². The van der Waals surface area contributed by atoms with E-state index in [4.69, 9.17) is 4.98 Å². The summed E-state index contributed by atoms with van der Waals surface area (Å²) in [5.74, 6) is 2.54. The molecule has 7 heteroatoms. The van der Waals surface area contributed by atoms with Gasteiger partial charge in [0.15, 0.2) is 5.82 Å². The van der Waals surface area contributed by atoms with Gasteiger partial charge in [-0.25, -0.2) is 4.98 Å². The minimum atomic E-state index is 0.396. The quantitative estimate of drug-likeness (QED) is 0.668. The standard InChI is InChI=1S/C22H27N7/c1-2-10-27(9-1)20-13-21(26-25-15-20)28-11-4-6-19(17-28)22-24-8-12-29(22)16-18-5-3-7-23-14-18/h3,5,7-8,12-15,19H,1-2,4,6,9-11,16-17H2/t19-/m1/s1. The third-order valence-electron chi connectivity index (χ3n) is 6.03. The van der Waals surface area contributed by atoms with Crippen LogP contribution in [0, 0.1) is 0 Å². The number of pyridine rings is 1. The summed E-state index contributed by atoms with van der Waals surface area (Å²) in [6, 6.07) is 6.31. The first-order chi connectivity index (χ1) is 14.4. The van der Waals surface area contributed by atoms with Gasteiger partial charge < -0.3 is 14.4 Å². The molecule has 0 spiro atoms. The van der Waals surface area contributed by atoms with Crippen LogP contribution >= 0.6 is 0 Å². The number of imidazole rings is 1. The van der Waals surface area contributed by atoms with Crippen LogP contribution in [0.25, 0.3) is 0 Å². The Hall–Kier alpha value is -2.96. The van der Waals surface area contributed by atoms with Crippen molar-refractivity contribution in [1.82, 2.24) is 24.7 Å². The Kier molecular flexibility index (Phi) is 5.11. The van der Waals surface area contributed by atoms with Gasteiger partial charge in [0.1, 0.15) is 5.82 Å². The van der Waals surface area contributed by atoms with Gasteiger partial charge in [0, 0.05) is 63.0 Å². The highest BCUT2D eigenvalue weighted by atomic mass is 15.3. The van der Waals surface area contributed by atoms with Crippen molar-refractivity contribution in [3.63, 3.8) is 0 Å². The molecule has 0 radical (unpaired) electrons. The monoisotopic (exact) mass is 389 g/mol. The molecule has 7 nitrogen and oxygen atoms in total. The topological polar surface area (TPSA) is 63.0 Å².